The average molecular weight is 209 g/mol. The maximum Gasteiger partial charge on any atom is 0.00793 e. The lowest BCUT2D eigenvalue weighted by Crippen LogP contribution is -2.32. The molecule has 1 nitrogen and oxygen atoms in total. The van der Waals surface area contributed by atoms with Gasteiger partial charge in [-0.25, -0.2) is 0 Å². The highest BCUT2D eigenvalue weighted by Gasteiger charge is 2.23. The zero-order chi connectivity index (χ0) is 9.80. The Hall–Kier alpha value is -0.340. The molecule has 0 saturated carbocycles. The molecule has 14 heavy (non-hydrogen) atoms. The normalized spacial score (nSPS) is 24.8. The molecular weight excluding hydrogens is 190 g/mol. The van der Waals surface area contributed by atoms with Gasteiger partial charge < -0.3 is 5.32 Å². The van der Waals surface area contributed by atoms with Gasteiger partial charge in [0.2, 0.25) is 0 Å². The van der Waals surface area contributed by atoms with Crippen molar-refractivity contribution < 1.29 is 0 Å². The van der Waals surface area contributed by atoms with Gasteiger partial charge in [0.15, 0.2) is 0 Å². The first-order valence-corrected chi connectivity index (χ1v) is 6.54. The molecule has 0 aromatic carbocycles. The number of hydrogen-bond donors (Lipinski definition) is 1. The molecule has 1 aromatic rings. The molecule has 2 atom stereocenters. The topological polar surface area (TPSA) is 12.0 Å². The first-order valence-electron chi connectivity index (χ1n) is 5.66. The number of nitrogens with one attached hydrogen (secondary N) is 1. The Morgan fingerprint density at radius 2 is 2.57 bits per heavy atom. The van der Waals surface area contributed by atoms with Crippen LogP contribution in [0.25, 0.3) is 0 Å². The second-order valence-corrected chi connectivity index (χ2v) is 5.12. The van der Waals surface area contributed by atoms with Crippen LogP contribution in [-0.2, 0) is 0 Å². The Morgan fingerprint density at radius 1 is 1.64 bits per heavy atom. The molecule has 2 heteroatoms. The van der Waals surface area contributed by atoms with E-state index in [1.165, 1.54) is 32.4 Å². The number of piperidine rings is 1. The SMILES string of the molecule is CCC(c1cccs1)C1CCCNC1. The molecule has 1 saturated heterocycles. The number of hydrogen-bond acceptors (Lipinski definition) is 2. The summed E-state index contributed by atoms with van der Waals surface area (Å²) < 4.78 is 0. The van der Waals surface area contributed by atoms with E-state index in [9.17, 15) is 0 Å². The summed E-state index contributed by atoms with van der Waals surface area (Å²) in [6.45, 7) is 4.76. The van der Waals surface area contributed by atoms with Gasteiger partial charge in [-0.2, -0.15) is 0 Å². The monoisotopic (exact) mass is 209 g/mol. The molecule has 0 radical (unpaired) electrons. The summed E-state index contributed by atoms with van der Waals surface area (Å²) in [6, 6.07) is 4.48. The summed E-state index contributed by atoms with van der Waals surface area (Å²) in [5.74, 6) is 1.66. The van der Waals surface area contributed by atoms with Crippen LogP contribution in [0.2, 0.25) is 0 Å². The van der Waals surface area contributed by atoms with Crippen molar-refractivity contribution in [2.45, 2.75) is 32.1 Å². The van der Waals surface area contributed by atoms with E-state index in [1.54, 1.807) is 4.88 Å². The van der Waals surface area contributed by atoms with Crippen LogP contribution in [0.3, 0.4) is 0 Å². The van der Waals surface area contributed by atoms with E-state index >= 15 is 0 Å². The lowest BCUT2D eigenvalue weighted by atomic mass is 9.83. The molecular formula is C12H19NS. The first kappa shape index (κ1) is 10.2. The third-order valence-electron chi connectivity index (χ3n) is 3.25. The number of thiophene rings is 1. The Morgan fingerprint density at radius 3 is 3.14 bits per heavy atom. The van der Waals surface area contributed by atoms with Gasteiger partial charge in [-0.15, -0.1) is 11.3 Å². The Balaban J connectivity index is 2.04. The van der Waals surface area contributed by atoms with Crippen LogP contribution in [0.4, 0.5) is 0 Å². The second kappa shape index (κ2) is 4.94. The summed E-state index contributed by atoms with van der Waals surface area (Å²) >= 11 is 1.92. The first-order chi connectivity index (χ1) is 6.92. The predicted molar refractivity (Wildman–Crippen MR) is 62.9 cm³/mol. The van der Waals surface area contributed by atoms with Crippen molar-refractivity contribution in [3.05, 3.63) is 22.4 Å². The van der Waals surface area contributed by atoms with Crippen molar-refractivity contribution in [2.75, 3.05) is 13.1 Å². The summed E-state index contributed by atoms with van der Waals surface area (Å²) in [7, 11) is 0. The molecule has 1 aliphatic heterocycles. The smallest absolute Gasteiger partial charge is 0.00793 e. The van der Waals surface area contributed by atoms with Crippen molar-refractivity contribution in [2.24, 2.45) is 5.92 Å². The largest absolute Gasteiger partial charge is 0.316 e. The van der Waals surface area contributed by atoms with Crippen LogP contribution in [-0.4, -0.2) is 13.1 Å². The Bertz CT molecular complexity index is 249. The molecule has 1 aromatic heterocycles. The predicted octanol–water partition coefficient (Wildman–Crippen LogP) is 3.24. The van der Waals surface area contributed by atoms with Crippen molar-refractivity contribution in [3.8, 4) is 0 Å². The van der Waals surface area contributed by atoms with Gasteiger partial charge in [0.1, 0.15) is 0 Å². The molecule has 0 aliphatic carbocycles. The van der Waals surface area contributed by atoms with E-state index in [0.717, 1.165) is 11.8 Å². The van der Waals surface area contributed by atoms with Gasteiger partial charge in [-0.05, 0) is 55.6 Å². The van der Waals surface area contributed by atoms with Gasteiger partial charge in [0, 0.05) is 4.88 Å². The lowest BCUT2D eigenvalue weighted by Gasteiger charge is -2.29. The standard InChI is InChI=1S/C12H19NS/c1-2-11(12-6-4-8-14-12)10-5-3-7-13-9-10/h4,6,8,10-11,13H,2-3,5,7,9H2,1H3. The van der Waals surface area contributed by atoms with Crippen LogP contribution < -0.4 is 5.32 Å². The highest BCUT2D eigenvalue weighted by molar-refractivity contribution is 7.10. The van der Waals surface area contributed by atoms with Crippen molar-refractivity contribution >= 4 is 11.3 Å². The van der Waals surface area contributed by atoms with Crippen LogP contribution in [0, 0.1) is 5.92 Å². The van der Waals surface area contributed by atoms with Gasteiger partial charge in [-0.1, -0.05) is 13.0 Å². The molecule has 78 valence electrons. The third-order valence-corrected chi connectivity index (χ3v) is 4.26. The molecule has 2 unspecified atom stereocenters. The van der Waals surface area contributed by atoms with Gasteiger partial charge in [0.25, 0.3) is 0 Å². The van der Waals surface area contributed by atoms with Gasteiger partial charge in [-0.3, -0.25) is 0 Å². The molecule has 2 rings (SSSR count). The summed E-state index contributed by atoms with van der Waals surface area (Å²) in [4.78, 5) is 1.58. The zero-order valence-corrected chi connectivity index (χ0v) is 9.65. The summed E-state index contributed by atoms with van der Waals surface area (Å²) in [6.07, 6.45) is 4.04. The van der Waals surface area contributed by atoms with E-state index in [4.69, 9.17) is 0 Å². The fraction of sp³-hybridized carbons (Fsp3) is 0.667. The van der Waals surface area contributed by atoms with E-state index in [0.29, 0.717) is 0 Å². The van der Waals surface area contributed by atoms with Crippen LogP contribution in [0.15, 0.2) is 17.5 Å². The molecule has 0 amide bonds. The number of rotatable bonds is 3. The third kappa shape index (κ3) is 2.18. The minimum absolute atomic E-state index is 0.794. The van der Waals surface area contributed by atoms with Crippen molar-refractivity contribution in [1.29, 1.82) is 0 Å². The van der Waals surface area contributed by atoms with Gasteiger partial charge >= 0.3 is 0 Å². The molecule has 0 spiro atoms. The maximum atomic E-state index is 3.52. The van der Waals surface area contributed by atoms with Crippen LogP contribution >= 0.6 is 11.3 Å². The Labute approximate surface area is 90.5 Å². The summed E-state index contributed by atoms with van der Waals surface area (Å²) in [5.41, 5.74) is 0. The summed E-state index contributed by atoms with van der Waals surface area (Å²) in [5, 5.41) is 5.72. The van der Waals surface area contributed by atoms with E-state index in [-0.39, 0.29) is 0 Å². The molecule has 1 fully saturated rings. The lowest BCUT2D eigenvalue weighted by molar-refractivity contribution is 0.319. The van der Waals surface area contributed by atoms with Crippen LogP contribution in [0.5, 0.6) is 0 Å². The van der Waals surface area contributed by atoms with Crippen LogP contribution in [0.1, 0.15) is 37.0 Å². The highest BCUT2D eigenvalue weighted by Crippen LogP contribution is 2.34. The maximum absolute atomic E-state index is 3.52. The minimum atomic E-state index is 0.794. The Kier molecular flexibility index (Phi) is 3.60. The zero-order valence-electron chi connectivity index (χ0n) is 8.83. The molecule has 1 aliphatic rings. The molecule has 0 bridgehead atoms. The van der Waals surface area contributed by atoms with E-state index < -0.39 is 0 Å². The molecule has 2 heterocycles. The minimum Gasteiger partial charge on any atom is -0.316 e. The average Bonchev–Trinajstić information content (AvgIpc) is 2.74. The molecule has 1 N–H and O–H groups in total. The quantitative estimate of drug-likeness (QED) is 0.806. The van der Waals surface area contributed by atoms with Gasteiger partial charge in [0.05, 0.1) is 0 Å². The fourth-order valence-corrected chi connectivity index (χ4v) is 3.50. The van der Waals surface area contributed by atoms with E-state index in [1.807, 2.05) is 11.3 Å². The van der Waals surface area contributed by atoms with Crippen molar-refractivity contribution in [1.82, 2.24) is 5.32 Å². The highest BCUT2D eigenvalue weighted by atomic mass is 32.1. The fourth-order valence-electron chi connectivity index (χ4n) is 2.49. The second-order valence-electron chi connectivity index (χ2n) is 4.14. The van der Waals surface area contributed by atoms with Crippen molar-refractivity contribution in [3.63, 3.8) is 0 Å². The van der Waals surface area contributed by atoms with E-state index in [2.05, 4.69) is 29.8 Å².